The summed E-state index contributed by atoms with van der Waals surface area (Å²) in [6.07, 6.45) is 4.58. The van der Waals surface area contributed by atoms with E-state index in [0.717, 1.165) is 5.56 Å². The van der Waals surface area contributed by atoms with Crippen LogP contribution in [-0.2, 0) is 9.59 Å². The van der Waals surface area contributed by atoms with Gasteiger partial charge in [-0.15, -0.1) is 0 Å². The Kier molecular flexibility index (Phi) is 5.27. The second-order valence-corrected chi connectivity index (χ2v) is 5.38. The molecule has 1 aromatic heterocycles. The molecule has 1 amide bonds. The monoisotopic (exact) mass is 291 g/mol. The predicted molar refractivity (Wildman–Crippen MR) is 77.6 cm³/mol. The van der Waals surface area contributed by atoms with Crippen molar-refractivity contribution in [2.75, 3.05) is 19.6 Å². The zero-order valence-corrected chi connectivity index (χ0v) is 12.2. The van der Waals surface area contributed by atoms with E-state index in [0.29, 0.717) is 25.9 Å². The summed E-state index contributed by atoms with van der Waals surface area (Å²) < 4.78 is 0. The third-order valence-corrected chi connectivity index (χ3v) is 3.94. The first-order valence-electron chi connectivity index (χ1n) is 7.22. The average molecular weight is 291 g/mol. The minimum Gasteiger partial charge on any atom is -0.481 e. The van der Waals surface area contributed by atoms with Crippen LogP contribution >= 0.6 is 0 Å². The van der Waals surface area contributed by atoms with E-state index in [9.17, 15) is 9.59 Å². The van der Waals surface area contributed by atoms with Crippen molar-refractivity contribution in [2.24, 2.45) is 5.92 Å². The average Bonchev–Trinajstić information content (AvgIpc) is 2.53. The minimum atomic E-state index is -0.759. The van der Waals surface area contributed by atoms with Gasteiger partial charge in [0.05, 0.1) is 12.5 Å². The Morgan fingerprint density at radius 3 is 2.76 bits per heavy atom. The van der Waals surface area contributed by atoms with Crippen molar-refractivity contribution in [1.29, 1.82) is 0 Å². The maximum atomic E-state index is 12.1. The molecule has 1 saturated heterocycles. The SMILES string of the molecule is C[C@H](NCC(=O)N1CCC(C(=O)O)CC1)c1cccnc1. The summed E-state index contributed by atoms with van der Waals surface area (Å²) in [4.78, 5) is 28.8. The zero-order chi connectivity index (χ0) is 15.2. The molecular formula is C15H21N3O3. The molecule has 0 bridgehead atoms. The fraction of sp³-hybridized carbons (Fsp3) is 0.533. The second-order valence-electron chi connectivity index (χ2n) is 5.38. The van der Waals surface area contributed by atoms with Crippen LogP contribution in [-0.4, -0.2) is 46.5 Å². The highest BCUT2D eigenvalue weighted by atomic mass is 16.4. The van der Waals surface area contributed by atoms with Crippen LogP contribution < -0.4 is 5.32 Å². The van der Waals surface area contributed by atoms with Gasteiger partial charge in [-0.1, -0.05) is 6.07 Å². The van der Waals surface area contributed by atoms with Crippen LogP contribution in [0.15, 0.2) is 24.5 Å². The standard InChI is InChI=1S/C15H21N3O3/c1-11(13-3-2-6-16-9-13)17-10-14(19)18-7-4-12(5-8-18)15(20)21/h2-3,6,9,11-12,17H,4-5,7-8,10H2,1H3,(H,20,21)/t11-/m0/s1. The van der Waals surface area contributed by atoms with Crippen molar-refractivity contribution in [3.63, 3.8) is 0 Å². The Labute approximate surface area is 124 Å². The molecule has 6 nitrogen and oxygen atoms in total. The van der Waals surface area contributed by atoms with E-state index in [2.05, 4.69) is 10.3 Å². The first kappa shape index (κ1) is 15.4. The Hall–Kier alpha value is -1.95. The molecule has 0 aromatic carbocycles. The van der Waals surface area contributed by atoms with E-state index >= 15 is 0 Å². The second kappa shape index (κ2) is 7.17. The van der Waals surface area contributed by atoms with Gasteiger partial charge in [-0.2, -0.15) is 0 Å². The van der Waals surface area contributed by atoms with Crippen molar-refractivity contribution < 1.29 is 14.7 Å². The topological polar surface area (TPSA) is 82.5 Å². The highest BCUT2D eigenvalue weighted by Gasteiger charge is 2.26. The maximum Gasteiger partial charge on any atom is 0.306 e. The van der Waals surface area contributed by atoms with Crippen LogP contribution in [0.25, 0.3) is 0 Å². The normalized spacial score (nSPS) is 17.5. The number of carboxylic acid groups (broad SMARTS) is 1. The molecule has 1 aliphatic heterocycles. The summed E-state index contributed by atoms with van der Waals surface area (Å²) in [6.45, 7) is 3.30. The van der Waals surface area contributed by atoms with Crippen molar-refractivity contribution in [1.82, 2.24) is 15.2 Å². The number of hydrogen-bond acceptors (Lipinski definition) is 4. The Bertz CT molecular complexity index is 484. The number of nitrogens with one attached hydrogen (secondary N) is 1. The molecule has 0 aliphatic carbocycles. The highest BCUT2D eigenvalue weighted by Crippen LogP contribution is 2.17. The van der Waals surface area contributed by atoms with E-state index < -0.39 is 5.97 Å². The summed E-state index contributed by atoms with van der Waals surface area (Å²) in [5, 5.41) is 12.1. The van der Waals surface area contributed by atoms with Crippen molar-refractivity contribution in [2.45, 2.75) is 25.8 Å². The quantitative estimate of drug-likeness (QED) is 0.847. The lowest BCUT2D eigenvalue weighted by Crippen LogP contribution is -2.44. The van der Waals surface area contributed by atoms with Gasteiger partial charge in [-0.3, -0.25) is 14.6 Å². The first-order chi connectivity index (χ1) is 10.1. The first-order valence-corrected chi connectivity index (χ1v) is 7.22. The molecule has 0 saturated carbocycles. The minimum absolute atomic E-state index is 0.0228. The van der Waals surface area contributed by atoms with Gasteiger partial charge >= 0.3 is 5.97 Å². The molecule has 6 heteroatoms. The smallest absolute Gasteiger partial charge is 0.306 e. The number of carbonyl (C=O) groups excluding carboxylic acids is 1. The Morgan fingerprint density at radius 2 is 2.19 bits per heavy atom. The number of nitrogens with zero attached hydrogens (tertiary/aromatic N) is 2. The lowest BCUT2D eigenvalue weighted by Gasteiger charge is -2.30. The summed E-state index contributed by atoms with van der Waals surface area (Å²) in [5.74, 6) is -1.05. The van der Waals surface area contributed by atoms with E-state index in [-0.39, 0.29) is 24.4 Å². The number of piperidine rings is 1. The largest absolute Gasteiger partial charge is 0.481 e. The summed E-state index contributed by atoms with van der Waals surface area (Å²) >= 11 is 0. The Morgan fingerprint density at radius 1 is 1.48 bits per heavy atom. The van der Waals surface area contributed by atoms with Gasteiger partial charge < -0.3 is 15.3 Å². The van der Waals surface area contributed by atoms with Gasteiger partial charge in [-0.25, -0.2) is 0 Å². The molecule has 2 rings (SSSR count). The number of rotatable bonds is 5. The van der Waals surface area contributed by atoms with Crippen LogP contribution in [0.4, 0.5) is 0 Å². The molecule has 114 valence electrons. The number of likely N-dealkylation sites (tertiary alicyclic amines) is 1. The van der Waals surface area contributed by atoms with Crippen molar-refractivity contribution in [3.05, 3.63) is 30.1 Å². The van der Waals surface area contributed by atoms with Gasteiger partial charge in [0, 0.05) is 31.5 Å². The fourth-order valence-electron chi connectivity index (χ4n) is 2.48. The number of pyridine rings is 1. The van der Waals surface area contributed by atoms with Crippen molar-refractivity contribution in [3.8, 4) is 0 Å². The number of hydrogen-bond donors (Lipinski definition) is 2. The van der Waals surface area contributed by atoms with Crippen molar-refractivity contribution >= 4 is 11.9 Å². The molecule has 1 fully saturated rings. The number of aliphatic carboxylic acids is 1. The maximum absolute atomic E-state index is 12.1. The van der Waals surface area contributed by atoms with E-state index in [1.807, 2.05) is 19.1 Å². The van der Waals surface area contributed by atoms with Crippen LogP contribution in [0.5, 0.6) is 0 Å². The molecule has 21 heavy (non-hydrogen) atoms. The summed E-state index contributed by atoms with van der Waals surface area (Å²) in [5.41, 5.74) is 1.04. The molecule has 2 N–H and O–H groups in total. The van der Waals surface area contributed by atoms with Crippen LogP contribution in [0, 0.1) is 5.92 Å². The molecule has 1 aliphatic rings. The number of aromatic nitrogens is 1. The Balaban J connectivity index is 1.76. The van der Waals surface area contributed by atoms with Crippen LogP contribution in [0.3, 0.4) is 0 Å². The van der Waals surface area contributed by atoms with Crippen LogP contribution in [0.2, 0.25) is 0 Å². The molecule has 0 unspecified atom stereocenters. The van der Waals surface area contributed by atoms with E-state index in [1.54, 1.807) is 17.3 Å². The predicted octanol–water partition coefficient (Wildman–Crippen LogP) is 1.06. The molecule has 0 radical (unpaired) electrons. The number of amides is 1. The van der Waals surface area contributed by atoms with Gasteiger partial charge in [-0.05, 0) is 31.4 Å². The fourth-order valence-corrected chi connectivity index (χ4v) is 2.48. The van der Waals surface area contributed by atoms with E-state index in [4.69, 9.17) is 5.11 Å². The lowest BCUT2D eigenvalue weighted by atomic mass is 9.97. The van der Waals surface area contributed by atoms with Gasteiger partial charge in [0.1, 0.15) is 0 Å². The third-order valence-electron chi connectivity index (χ3n) is 3.94. The van der Waals surface area contributed by atoms with Crippen LogP contribution in [0.1, 0.15) is 31.4 Å². The molecule has 2 heterocycles. The lowest BCUT2D eigenvalue weighted by molar-refractivity contribution is -0.145. The van der Waals surface area contributed by atoms with Gasteiger partial charge in [0.25, 0.3) is 0 Å². The summed E-state index contributed by atoms with van der Waals surface area (Å²) in [7, 11) is 0. The highest BCUT2D eigenvalue weighted by molar-refractivity contribution is 5.79. The third kappa shape index (κ3) is 4.26. The zero-order valence-electron chi connectivity index (χ0n) is 12.2. The number of carbonyl (C=O) groups is 2. The molecule has 1 atom stereocenters. The number of carboxylic acids is 1. The molecular weight excluding hydrogens is 270 g/mol. The molecule has 1 aromatic rings. The van der Waals surface area contributed by atoms with Gasteiger partial charge in [0.2, 0.25) is 5.91 Å². The summed E-state index contributed by atoms with van der Waals surface area (Å²) in [6, 6.07) is 3.89. The molecule has 0 spiro atoms. The van der Waals surface area contributed by atoms with E-state index in [1.165, 1.54) is 0 Å². The van der Waals surface area contributed by atoms with Gasteiger partial charge in [0.15, 0.2) is 0 Å².